The van der Waals surface area contributed by atoms with E-state index in [0.717, 1.165) is 19.0 Å². The number of nitrogens with one attached hydrogen (secondary N) is 2. The number of aryl methyl sites for hydroxylation is 1. The summed E-state index contributed by atoms with van der Waals surface area (Å²) in [6.07, 6.45) is 3.28. The number of aromatic nitrogens is 3. The molecule has 2 aromatic carbocycles. The van der Waals surface area contributed by atoms with Gasteiger partial charge in [0.2, 0.25) is 0 Å². The van der Waals surface area contributed by atoms with Crippen molar-refractivity contribution in [2.45, 2.75) is 32.9 Å². The van der Waals surface area contributed by atoms with Gasteiger partial charge in [-0.2, -0.15) is 5.10 Å². The third kappa shape index (κ3) is 5.67. The summed E-state index contributed by atoms with van der Waals surface area (Å²) in [4.78, 5) is 8.33. The van der Waals surface area contributed by atoms with Gasteiger partial charge in [-0.1, -0.05) is 61.0 Å². The monoisotopic (exact) mass is 376 g/mol. The first kappa shape index (κ1) is 19.6. The maximum absolute atomic E-state index is 4.34. The molecule has 3 rings (SSSR count). The molecule has 28 heavy (non-hydrogen) atoms. The van der Waals surface area contributed by atoms with Crippen LogP contribution in [0.25, 0.3) is 0 Å². The van der Waals surface area contributed by atoms with Crippen LogP contribution in [0.5, 0.6) is 0 Å². The lowest BCUT2D eigenvalue weighted by Crippen LogP contribution is -2.38. The second-order valence-electron chi connectivity index (χ2n) is 7.03. The zero-order chi connectivity index (χ0) is 19.8. The standard InChI is InChI=1S/C22H28N6/c1-17-7-9-21(10-8-17)18(2)12-25-22(23-3)26-13-19-5-4-6-20(11-19)14-28-16-24-15-27-28/h4-11,15-16,18H,12-14H2,1-3H3,(H2,23,25,26). The molecule has 3 aromatic rings. The second-order valence-corrected chi connectivity index (χ2v) is 7.03. The first-order valence-electron chi connectivity index (χ1n) is 9.55. The Morgan fingerprint density at radius 3 is 2.61 bits per heavy atom. The van der Waals surface area contributed by atoms with Gasteiger partial charge in [-0.3, -0.25) is 4.99 Å². The number of aliphatic imine (C=N–C) groups is 1. The highest BCUT2D eigenvalue weighted by molar-refractivity contribution is 5.79. The van der Waals surface area contributed by atoms with E-state index in [-0.39, 0.29) is 0 Å². The molecule has 146 valence electrons. The Bertz CT molecular complexity index is 884. The number of rotatable bonds is 7. The summed E-state index contributed by atoms with van der Waals surface area (Å²) in [5.74, 6) is 1.21. The van der Waals surface area contributed by atoms with Gasteiger partial charge < -0.3 is 10.6 Å². The highest BCUT2D eigenvalue weighted by Gasteiger charge is 2.07. The van der Waals surface area contributed by atoms with Gasteiger partial charge in [0, 0.05) is 20.1 Å². The molecule has 0 saturated carbocycles. The quantitative estimate of drug-likeness (QED) is 0.491. The van der Waals surface area contributed by atoms with Gasteiger partial charge in [-0.25, -0.2) is 9.67 Å². The van der Waals surface area contributed by atoms with E-state index in [0.29, 0.717) is 12.5 Å². The molecule has 1 unspecified atom stereocenters. The second kappa shape index (κ2) is 9.69. The predicted octanol–water partition coefficient (Wildman–Crippen LogP) is 3.10. The van der Waals surface area contributed by atoms with Crippen LogP contribution in [-0.4, -0.2) is 34.3 Å². The minimum Gasteiger partial charge on any atom is -0.356 e. The van der Waals surface area contributed by atoms with Gasteiger partial charge in [0.1, 0.15) is 12.7 Å². The Kier molecular flexibility index (Phi) is 6.78. The maximum atomic E-state index is 4.34. The molecular weight excluding hydrogens is 348 g/mol. The maximum Gasteiger partial charge on any atom is 0.191 e. The van der Waals surface area contributed by atoms with Crippen molar-refractivity contribution in [3.63, 3.8) is 0 Å². The van der Waals surface area contributed by atoms with Gasteiger partial charge in [-0.05, 0) is 29.5 Å². The average molecular weight is 377 g/mol. The summed E-state index contributed by atoms with van der Waals surface area (Å²) >= 11 is 0. The third-order valence-corrected chi connectivity index (χ3v) is 4.71. The highest BCUT2D eigenvalue weighted by Crippen LogP contribution is 2.14. The first-order valence-corrected chi connectivity index (χ1v) is 9.55. The van der Waals surface area contributed by atoms with E-state index in [1.807, 2.05) is 4.68 Å². The van der Waals surface area contributed by atoms with E-state index in [1.165, 1.54) is 22.3 Å². The summed E-state index contributed by atoms with van der Waals surface area (Å²) in [6.45, 7) is 6.59. The van der Waals surface area contributed by atoms with Gasteiger partial charge in [-0.15, -0.1) is 0 Å². The molecule has 0 aliphatic carbocycles. The van der Waals surface area contributed by atoms with Crippen molar-refractivity contribution in [3.8, 4) is 0 Å². The summed E-state index contributed by atoms with van der Waals surface area (Å²) in [7, 11) is 1.80. The van der Waals surface area contributed by atoms with Crippen molar-refractivity contribution >= 4 is 5.96 Å². The van der Waals surface area contributed by atoms with Crippen molar-refractivity contribution in [2.24, 2.45) is 4.99 Å². The average Bonchev–Trinajstić information content (AvgIpc) is 3.22. The molecule has 6 nitrogen and oxygen atoms in total. The molecule has 0 spiro atoms. The van der Waals surface area contributed by atoms with Crippen molar-refractivity contribution in [3.05, 3.63) is 83.4 Å². The van der Waals surface area contributed by atoms with Crippen LogP contribution < -0.4 is 10.6 Å². The summed E-state index contributed by atoms with van der Waals surface area (Å²) in [5, 5.41) is 11.0. The van der Waals surface area contributed by atoms with Crippen molar-refractivity contribution < 1.29 is 0 Å². The smallest absolute Gasteiger partial charge is 0.191 e. The Morgan fingerprint density at radius 1 is 1.11 bits per heavy atom. The lowest BCUT2D eigenvalue weighted by Gasteiger charge is -2.17. The third-order valence-electron chi connectivity index (χ3n) is 4.71. The minimum absolute atomic E-state index is 0.408. The SMILES string of the molecule is CN=C(NCc1cccc(Cn2cncn2)c1)NCC(C)c1ccc(C)cc1. The zero-order valence-corrected chi connectivity index (χ0v) is 16.8. The molecule has 0 aliphatic rings. The Labute approximate surface area is 166 Å². The fourth-order valence-corrected chi connectivity index (χ4v) is 3.01. The van der Waals surface area contributed by atoms with Gasteiger partial charge in [0.25, 0.3) is 0 Å². The van der Waals surface area contributed by atoms with E-state index in [4.69, 9.17) is 0 Å². The van der Waals surface area contributed by atoms with E-state index in [1.54, 1.807) is 19.7 Å². The topological polar surface area (TPSA) is 67.1 Å². The Morgan fingerprint density at radius 2 is 1.89 bits per heavy atom. The molecule has 0 saturated heterocycles. The van der Waals surface area contributed by atoms with E-state index >= 15 is 0 Å². The van der Waals surface area contributed by atoms with Crippen LogP contribution in [0.1, 0.15) is 35.1 Å². The number of nitrogens with zero attached hydrogens (tertiary/aromatic N) is 4. The molecule has 0 amide bonds. The molecule has 1 atom stereocenters. The van der Waals surface area contributed by atoms with E-state index in [2.05, 4.69) is 88.1 Å². The van der Waals surface area contributed by atoms with Crippen LogP contribution in [-0.2, 0) is 13.1 Å². The molecule has 6 heteroatoms. The van der Waals surface area contributed by atoms with Gasteiger partial charge in [0.05, 0.1) is 6.54 Å². The van der Waals surface area contributed by atoms with Crippen molar-refractivity contribution in [2.75, 3.05) is 13.6 Å². The largest absolute Gasteiger partial charge is 0.356 e. The number of hydrogen-bond acceptors (Lipinski definition) is 3. The number of hydrogen-bond donors (Lipinski definition) is 2. The van der Waals surface area contributed by atoms with Crippen LogP contribution in [0.2, 0.25) is 0 Å². The fraction of sp³-hybridized carbons (Fsp3) is 0.318. The molecule has 0 bridgehead atoms. The molecule has 0 aliphatic heterocycles. The van der Waals surface area contributed by atoms with E-state index < -0.39 is 0 Å². The lowest BCUT2D eigenvalue weighted by molar-refractivity contribution is 0.682. The van der Waals surface area contributed by atoms with Gasteiger partial charge in [0.15, 0.2) is 5.96 Å². The summed E-state index contributed by atoms with van der Waals surface area (Å²) in [5.41, 5.74) is 5.01. The molecule has 1 aromatic heterocycles. The number of benzene rings is 2. The van der Waals surface area contributed by atoms with E-state index in [9.17, 15) is 0 Å². The summed E-state index contributed by atoms with van der Waals surface area (Å²) in [6, 6.07) is 17.2. The van der Waals surface area contributed by atoms with Crippen LogP contribution in [0.3, 0.4) is 0 Å². The molecule has 1 heterocycles. The molecule has 0 radical (unpaired) electrons. The Hall–Kier alpha value is -3.15. The van der Waals surface area contributed by atoms with Gasteiger partial charge >= 0.3 is 0 Å². The lowest BCUT2D eigenvalue weighted by atomic mass is 10.0. The summed E-state index contributed by atoms with van der Waals surface area (Å²) < 4.78 is 1.82. The van der Waals surface area contributed by atoms with Crippen LogP contribution in [0.4, 0.5) is 0 Å². The van der Waals surface area contributed by atoms with Crippen LogP contribution in [0.15, 0.2) is 66.2 Å². The minimum atomic E-state index is 0.408. The van der Waals surface area contributed by atoms with Crippen molar-refractivity contribution in [1.82, 2.24) is 25.4 Å². The zero-order valence-electron chi connectivity index (χ0n) is 16.8. The normalized spacial score (nSPS) is 12.6. The van der Waals surface area contributed by atoms with Crippen LogP contribution in [0, 0.1) is 6.92 Å². The molecular formula is C22H28N6. The predicted molar refractivity (Wildman–Crippen MR) is 113 cm³/mol. The molecule has 0 fully saturated rings. The van der Waals surface area contributed by atoms with Crippen molar-refractivity contribution in [1.29, 1.82) is 0 Å². The Balaban J connectivity index is 1.50. The fourth-order valence-electron chi connectivity index (χ4n) is 3.01. The highest BCUT2D eigenvalue weighted by atomic mass is 15.3. The first-order chi connectivity index (χ1) is 13.6. The molecule has 2 N–H and O–H groups in total. The number of guanidine groups is 1. The van der Waals surface area contributed by atoms with Crippen LogP contribution >= 0.6 is 0 Å².